The number of rotatable bonds is 4. The largest absolute Gasteiger partial charge is 0.0625 e. The van der Waals surface area contributed by atoms with E-state index in [9.17, 15) is 0 Å². The second kappa shape index (κ2) is 11.0. The van der Waals surface area contributed by atoms with Gasteiger partial charge in [-0.1, -0.05) is 127 Å². The lowest BCUT2D eigenvalue weighted by Gasteiger charge is -2.62. The van der Waals surface area contributed by atoms with Crippen LogP contribution in [0.5, 0.6) is 0 Å². The standard InChI is InChI=1S/C41H70/c1-20(2)21(3)23(5)33-25(7)27(9)37-34(30(33)12)26(8)28(10)38-36-24(6)22(4)32(19-40(14,15)16)29(11)35(36)31(13)41(17,18)39(37)38/h20-25,28-33,35-36H,19H2,1-18H3. The molecule has 0 saturated heterocycles. The van der Waals surface area contributed by atoms with Gasteiger partial charge in [0, 0.05) is 0 Å². The highest BCUT2D eigenvalue weighted by atomic mass is 14.6. The van der Waals surface area contributed by atoms with Crippen molar-refractivity contribution < 1.29 is 0 Å². The Hall–Kier alpha value is -0.780. The normalized spacial score (nSPS) is 42.7. The van der Waals surface area contributed by atoms with E-state index in [1.165, 1.54) is 6.42 Å². The van der Waals surface area contributed by atoms with Gasteiger partial charge in [-0.3, -0.25) is 0 Å². The zero-order chi connectivity index (χ0) is 31.3. The van der Waals surface area contributed by atoms with Crippen molar-refractivity contribution in [2.75, 3.05) is 0 Å². The van der Waals surface area contributed by atoms with Crippen LogP contribution in [0, 0.1) is 93.7 Å². The van der Waals surface area contributed by atoms with E-state index in [1.54, 1.807) is 27.9 Å². The third kappa shape index (κ3) is 5.00. The first-order valence-corrected chi connectivity index (χ1v) is 17.8. The monoisotopic (exact) mass is 563 g/mol. The van der Waals surface area contributed by atoms with Crippen molar-refractivity contribution in [1.82, 2.24) is 0 Å². The first-order valence-electron chi connectivity index (χ1n) is 17.8. The van der Waals surface area contributed by atoms with Crippen LogP contribution < -0.4 is 0 Å². The summed E-state index contributed by atoms with van der Waals surface area (Å²) in [6, 6.07) is 0. The summed E-state index contributed by atoms with van der Waals surface area (Å²) in [6.45, 7) is 46.1. The van der Waals surface area contributed by atoms with Gasteiger partial charge in [-0.15, -0.1) is 0 Å². The molecule has 0 heterocycles. The summed E-state index contributed by atoms with van der Waals surface area (Å²) < 4.78 is 0. The van der Waals surface area contributed by atoms with E-state index in [2.05, 4.69) is 125 Å². The molecule has 0 amide bonds. The molecule has 0 N–H and O–H groups in total. The van der Waals surface area contributed by atoms with Gasteiger partial charge in [0.1, 0.15) is 0 Å². The van der Waals surface area contributed by atoms with Gasteiger partial charge in [-0.05, 0) is 131 Å². The molecular formula is C41H70. The van der Waals surface area contributed by atoms with Crippen molar-refractivity contribution in [2.24, 2.45) is 93.7 Å². The molecule has 41 heavy (non-hydrogen) atoms. The number of fused-ring (bicyclic) bond motifs is 4. The Labute approximate surface area is 257 Å². The summed E-state index contributed by atoms with van der Waals surface area (Å²) in [5, 5.41) is 0. The summed E-state index contributed by atoms with van der Waals surface area (Å²) in [6.07, 6.45) is 1.36. The molecule has 4 rings (SSSR count). The van der Waals surface area contributed by atoms with Gasteiger partial charge in [0.15, 0.2) is 0 Å². The summed E-state index contributed by atoms with van der Waals surface area (Å²) in [7, 11) is 0. The fourth-order valence-electron chi connectivity index (χ4n) is 11.5. The Bertz CT molecular complexity index is 1100. The molecule has 13 unspecified atom stereocenters. The van der Waals surface area contributed by atoms with E-state index >= 15 is 0 Å². The van der Waals surface area contributed by atoms with Crippen LogP contribution in [0.3, 0.4) is 0 Å². The molecular weight excluding hydrogens is 492 g/mol. The highest BCUT2D eigenvalue weighted by Crippen LogP contribution is 2.67. The Morgan fingerprint density at radius 2 is 1.32 bits per heavy atom. The van der Waals surface area contributed by atoms with E-state index in [0.717, 1.165) is 53.3 Å². The average Bonchev–Trinajstić information content (AvgIpc) is 2.86. The molecule has 0 radical (unpaired) electrons. The second-order valence-corrected chi connectivity index (χ2v) is 18.4. The van der Waals surface area contributed by atoms with Crippen molar-refractivity contribution in [2.45, 2.75) is 131 Å². The molecule has 0 heteroatoms. The topological polar surface area (TPSA) is 0 Å². The summed E-state index contributed by atoms with van der Waals surface area (Å²) >= 11 is 0. The zero-order valence-corrected chi connectivity index (χ0v) is 30.8. The predicted molar refractivity (Wildman–Crippen MR) is 182 cm³/mol. The van der Waals surface area contributed by atoms with Crippen LogP contribution in [0.1, 0.15) is 131 Å². The third-order valence-electron chi connectivity index (χ3n) is 14.9. The molecule has 0 spiro atoms. The number of allylic oxidation sites excluding steroid dienone is 6. The molecule has 4 aliphatic carbocycles. The van der Waals surface area contributed by atoms with E-state index in [-0.39, 0.29) is 5.41 Å². The average molecular weight is 563 g/mol. The van der Waals surface area contributed by atoms with Crippen LogP contribution in [0.4, 0.5) is 0 Å². The Kier molecular flexibility index (Phi) is 8.87. The van der Waals surface area contributed by atoms with Crippen LogP contribution in [0.2, 0.25) is 0 Å². The minimum absolute atomic E-state index is 0.192. The molecule has 0 aromatic heterocycles. The molecule has 0 aromatic rings. The molecule has 4 aliphatic rings. The highest BCUT2D eigenvalue weighted by molar-refractivity contribution is 5.64. The van der Waals surface area contributed by atoms with Crippen molar-refractivity contribution in [3.05, 3.63) is 33.4 Å². The molecule has 234 valence electrons. The van der Waals surface area contributed by atoms with Crippen molar-refractivity contribution in [3.63, 3.8) is 0 Å². The number of hydrogen-bond acceptors (Lipinski definition) is 0. The lowest BCUT2D eigenvalue weighted by Crippen LogP contribution is -2.55. The summed E-state index contributed by atoms with van der Waals surface area (Å²) in [5.41, 5.74) is 11.2. The predicted octanol–water partition coefficient (Wildman–Crippen LogP) is 12.3. The van der Waals surface area contributed by atoms with Crippen LogP contribution >= 0.6 is 0 Å². The van der Waals surface area contributed by atoms with Crippen molar-refractivity contribution in [3.8, 4) is 0 Å². The van der Waals surface area contributed by atoms with Crippen LogP contribution in [0.15, 0.2) is 33.4 Å². The van der Waals surface area contributed by atoms with Crippen LogP contribution in [0.25, 0.3) is 0 Å². The molecule has 0 bridgehead atoms. The zero-order valence-electron chi connectivity index (χ0n) is 30.8. The minimum Gasteiger partial charge on any atom is -0.0625 e. The SMILES string of the molecule is CC1=C2C(=C(C)C(C)C(C(C)C(C)C(C)C)C2C)C2=C(C1C)C1C(C)C(C)C(CC(C)(C)C)C(C)C1C(C)C2(C)C. The van der Waals surface area contributed by atoms with Gasteiger partial charge in [0.25, 0.3) is 0 Å². The van der Waals surface area contributed by atoms with E-state index in [0.29, 0.717) is 35.0 Å². The van der Waals surface area contributed by atoms with Gasteiger partial charge < -0.3 is 0 Å². The fraction of sp³-hybridized carbons (Fsp3) is 0.854. The highest BCUT2D eigenvalue weighted by Gasteiger charge is 2.59. The van der Waals surface area contributed by atoms with Gasteiger partial charge in [-0.2, -0.15) is 0 Å². The summed E-state index contributed by atoms with van der Waals surface area (Å²) in [5.74, 6) is 10.0. The Morgan fingerprint density at radius 1 is 0.756 bits per heavy atom. The van der Waals surface area contributed by atoms with Gasteiger partial charge in [0.05, 0.1) is 0 Å². The first kappa shape index (κ1) is 33.1. The third-order valence-corrected chi connectivity index (χ3v) is 14.9. The Morgan fingerprint density at radius 3 is 1.83 bits per heavy atom. The molecule has 0 aromatic carbocycles. The van der Waals surface area contributed by atoms with Gasteiger partial charge in [-0.25, -0.2) is 0 Å². The molecule has 1 saturated carbocycles. The lowest BCUT2D eigenvalue weighted by atomic mass is 9.42. The van der Waals surface area contributed by atoms with Crippen molar-refractivity contribution in [1.29, 1.82) is 0 Å². The minimum atomic E-state index is 0.192. The quantitative estimate of drug-likeness (QED) is 0.319. The molecule has 13 atom stereocenters. The van der Waals surface area contributed by atoms with E-state index < -0.39 is 0 Å². The maximum Gasteiger partial charge on any atom is -0.000880 e. The molecule has 0 nitrogen and oxygen atoms in total. The van der Waals surface area contributed by atoms with E-state index in [4.69, 9.17) is 0 Å². The van der Waals surface area contributed by atoms with Crippen molar-refractivity contribution >= 4 is 0 Å². The smallest absolute Gasteiger partial charge is 0.000880 e. The van der Waals surface area contributed by atoms with Gasteiger partial charge in [0.2, 0.25) is 0 Å². The maximum atomic E-state index is 2.66. The fourth-order valence-corrected chi connectivity index (χ4v) is 11.5. The maximum absolute atomic E-state index is 2.66. The van der Waals surface area contributed by atoms with Crippen LogP contribution in [-0.2, 0) is 0 Å². The van der Waals surface area contributed by atoms with Crippen LogP contribution in [-0.4, -0.2) is 0 Å². The summed E-state index contributed by atoms with van der Waals surface area (Å²) in [4.78, 5) is 0. The number of hydrogen-bond donors (Lipinski definition) is 0. The second-order valence-electron chi connectivity index (χ2n) is 18.4. The Balaban J connectivity index is 1.93. The lowest BCUT2D eigenvalue weighted by molar-refractivity contribution is -0.0577. The van der Waals surface area contributed by atoms with E-state index in [1.807, 2.05) is 5.57 Å². The first-order chi connectivity index (χ1) is 18.7. The van der Waals surface area contributed by atoms with Gasteiger partial charge >= 0.3 is 0 Å². The molecule has 1 fully saturated rings. The molecule has 0 aliphatic heterocycles.